The molecule has 0 aliphatic heterocycles. The van der Waals surface area contributed by atoms with Crippen molar-refractivity contribution in [3.8, 4) is 0 Å². The molecule has 3 aromatic rings. The van der Waals surface area contributed by atoms with E-state index in [1.54, 1.807) is 25.1 Å². The van der Waals surface area contributed by atoms with Crippen LogP contribution in [0, 0.1) is 0 Å². The summed E-state index contributed by atoms with van der Waals surface area (Å²) < 4.78 is 14.7. The van der Waals surface area contributed by atoms with Crippen LogP contribution in [0.15, 0.2) is 70.7 Å². The van der Waals surface area contributed by atoms with Gasteiger partial charge in [-0.3, -0.25) is 0 Å². The predicted molar refractivity (Wildman–Crippen MR) is 94.5 cm³/mol. The Kier molecular flexibility index (Phi) is 7.46. The maximum absolute atomic E-state index is 11.4. The third kappa shape index (κ3) is 6.27. The van der Waals surface area contributed by atoms with Crippen molar-refractivity contribution in [2.24, 2.45) is 0 Å². The van der Waals surface area contributed by atoms with Gasteiger partial charge in [0.15, 0.2) is 0 Å². The average Bonchev–Trinajstić information content (AvgIpc) is 3.35. The number of rotatable bonds is 5. The van der Waals surface area contributed by atoms with Crippen LogP contribution in [-0.2, 0) is 16.1 Å². The number of ether oxygens (including phenoxy) is 2. The predicted octanol–water partition coefficient (Wildman–Crippen LogP) is 4.56. The second-order valence-corrected chi connectivity index (χ2v) is 5.68. The Morgan fingerprint density at radius 2 is 1.76 bits per heavy atom. The first-order chi connectivity index (χ1) is 12.2. The lowest BCUT2D eigenvalue weighted by Gasteiger charge is -2.02. The molecule has 0 aliphatic rings. The number of carbonyl (C=O) groups excluding carboxylic acids is 2. The summed E-state index contributed by atoms with van der Waals surface area (Å²) in [5, 5.41) is 1.85. The number of hydrogen-bond acceptors (Lipinski definition) is 6. The summed E-state index contributed by atoms with van der Waals surface area (Å²) in [4.78, 5) is 22.9. The van der Waals surface area contributed by atoms with E-state index >= 15 is 0 Å². The van der Waals surface area contributed by atoms with Crippen LogP contribution in [0.25, 0.3) is 0 Å². The fourth-order valence-corrected chi connectivity index (χ4v) is 2.40. The molecule has 0 atom stereocenters. The van der Waals surface area contributed by atoms with Gasteiger partial charge in [-0.05, 0) is 36.1 Å². The van der Waals surface area contributed by atoms with E-state index < -0.39 is 5.97 Å². The smallest absolute Gasteiger partial charge is 0.374 e. The van der Waals surface area contributed by atoms with Crippen LogP contribution >= 0.6 is 11.3 Å². The van der Waals surface area contributed by atoms with Crippen molar-refractivity contribution in [3.63, 3.8) is 0 Å². The Balaban J connectivity index is 0.000000196. The molecule has 25 heavy (non-hydrogen) atoms. The Morgan fingerprint density at radius 1 is 0.960 bits per heavy atom. The quantitative estimate of drug-likeness (QED) is 0.626. The third-order valence-corrected chi connectivity index (χ3v) is 3.78. The minimum Gasteiger partial charge on any atom is -0.462 e. The molecule has 0 aliphatic carbocycles. The van der Waals surface area contributed by atoms with E-state index in [2.05, 4.69) is 0 Å². The minimum absolute atomic E-state index is 0.225. The number of esters is 2. The maximum Gasteiger partial charge on any atom is 0.374 e. The van der Waals surface area contributed by atoms with Crippen molar-refractivity contribution in [1.82, 2.24) is 0 Å². The van der Waals surface area contributed by atoms with Gasteiger partial charge in [-0.15, -0.1) is 11.3 Å². The SMILES string of the molecule is CCOC(=O)c1cccs1.O=C(OCc1ccccc1)c1ccco1. The van der Waals surface area contributed by atoms with E-state index in [0.717, 1.165) is 5.56 Å². The summed E-state index contributed by atoms with van der Waals surface area (Å²) in [6.45, 7) is 2.50. The standard InChI is InChI=1S/C12H10O3.C7H8O2S/c13-12(11-7-4-8-14-11)15-9-10-5-2-1-3-6-10;1-2-9-7(8)6-4-3-5-10-6/h1-8H,9H2;3-5H,2H2,1H3. The molecule has 1 aromatic carbocycles. The second-order valence-electron chi connectivity index (χ2n) is 4.74. The summed E-state index contributed by atoms with van der Waals surface area (Å²) in [6, 6.07) is 16.3. The second kappa shape index (κ2) is 10.1. The molecule has 130 valence electrons. The summed E-state index contributed by atoms with van der Waals surface area (Å²) >= 11 is 1.40. The van der Waals surface area contributed by atoms with Gasteiger partial charge in [0.1, 0.15) is 11.5 Å². The van der Waals surface area contributed by atoms with Gasteiger partial charge in [0, 0.05) is 0 Å². The highest BCUT2D eigenvalue weighted by Crippen LogP contribution is 2.09. The van der Waals surface area contributed by atoms with Gasteiger partial charge in [-0.25, -0.2) is 9.59 Å². The van der Waals surface area contributed by atoms with Crippen molar-refractivity contribution in [2.45, 2.75) is 13.5 Å². The molecule has 2 aromatic heterocycles. The molecule has 0 amide bonds. The number of benzene rings is 1. The maximum atomic E-state index is 11.4. The highest BCUT2D eigenvalue weighted by Gasteiger charge is 2.09. The molecule has 0 unspecified atom stereocenters. The molecule has 0 N–H and O–H groups in total. The van der Waals surface area contributed by atoms with E-state index in [1.807, 2.05) is 41.8 Å². The van der Waals surface area contributed by atoms with Crippen molar-refractivity contribution in [3.05, 3.63) is 82.4 Å². The van der Waals surface area contributed by atoms with Crippen LogP contribution in [0.4, 0.5) is 0 Å². The van der Waals surface area contributed by atoms with E-state index in [1.165, 1.54) is 17.6 Å². The zero-order chi connectivity index (χ0) is 17.9. The third-order valence-electron chi connectivity index (χ3n) is 2.93. The van der Waals surface area contributed by atoms with Gasteiger partial charge in [0.05, 0.1) is 12.9 Å². The zero-order valence-corrected chi connectivity index (χ0v) is 14.5. The van der Waals surface area contributed by atoms with Crippen molar-refractivity contribution in [1.29, 1.82) is 0 Å². The summed E-state index contributed by atoms with van der Waals surface area (Å²) in [7, 11) is 0. The topological polar surface area (TPSA) is 65.7 Å². The van der Waals surface area contributed by atoms with Crippen LogP contribution in [0.3, 0.4) is 0 Å². The molecule has 0 fully saturated rings. The first kappa shape index (κ1) is 18.5. The molecule has 0 spiro atoms. The lowest BCUT2D eigenvalue weighted by molar-refractivity contribution is 0.0435. The Morgan fingerprint density at radius 3 is 2.36 bits per heavy atom. The van der Waals surface area contributed by atoms with Gasteiger partial charge in [-0.2, -0.15) is 0 Å². The molecule has 6 heteroatoms. The molecule has 2 heterocycles. The molecular weight excluding hydrogens is 340 g/mol. The molecule has 0 bridgehead atoms. The zero-order valence-electron chi connectivity index (χ0n) is 13.7. The monoisotopic (exact) mass is 358 g/mol. The molecule has 5 nitrogen and oxygen atoms in total. The number of furan rings is 1. The van der Waals surface area contributed by atoms with E-state index in [0.29, 0.717) is 11.5 Å². The lowest BCUT2D eigenvalue weighted by atomic mass is 10.2. The van der Waals surface area contributed by atoms with Gasteiger partial charge in [0.2, 0.25) is 5.76 Å². The van der Waals surface area contributed by atoms with Crippen molar-refractivity contribution in [2.75, 3.05) is 6.61 Å². The van der Waals surface area contributed by atoms with Crippen LogP contribution in [-0.4, -0.2) is 18.5 Å². The first-order valence-corrected chi connectivity index (χ1v) is 8.54. The Bertz CT molecular complexity index is 748. The molecule has 0 saturated heterocycles. The van der Waals surface area contributed by atoms with Crippen molar-refractivity contribution < 1.29 is 23.5 Å². The summed E-state index contributed by atoms with van der Waals surface area (Å²) in [5.74, 6) is -0.438. The fraction of sp³-hybridized carbons (Fsp3) is 0.158. The van der Waals surface area contributed by atoms with Crippen LogP contribution in [0.5, 0.6) is 0 Å². The normalized spacial score (nSPS) is 9.64. The molecule has 0 saturated carbocycles. The van der Waals surface area contributed by atoms with Crippen LogP contribution in [0.2, 0.25) is 0 Å². The largest absolute Gasteiger partial charge is 0.462 e. The molecule has 3 rings (SSSR count). The van der Waals surface area contributed by atoms with Crippen molar-refractivity contribution >= 4 is 23.3 Å². The fourth-order valence-electron chi connectivity index (χ4n) is 1.79. The van der Waals surface area contributed by atoms with Crippen LogP contribution < -0.4 is 0 Å². The summed E-state index contributed by atoms with van der Waals surface area (Å²) in [5.41, 5.74) is 0.956. The van der Waals surface area contributed by atoms with Gasteiger partial charge < -0.3 is 13.9 Å². The Hall–Kier alpha value is -2.86. The average molecular weight is 358 g/mol. The van der Waals surface area contributed by atoms with Gasteiger partial charge >= 0.3 is 11.9 Å². The Labute approximate surface area is 149 Å². The number of carbonyl (C=O) groups is 2. The molecule has 0 radical (unpaired) electrons. The van der Waals surface area contributed by atoms with Gasteiger partial charge in [-0.1, -0.05) is 36.4 Å². The van der Waals surface area contributed by atoms with E-state index in [4.69, 9.17) is 13.9 Å². The van der Waals surface area contributed by atoms with Crippen LogP contribution in [0.1, 0.15) is 32.7 Å². The van der Waals surface area contributed by atoms with Gasteiger partial charge in [0.25, 0.3) is 0 Å². The summed E-state index contributed by atoms with van der Waals surface area (Å²) in [6.07, 6.45) is 1.44. The highest BCUT2D eigenvalue weighted by atomic mass is 32.1. The highest BCUT2D eigenvalue weighted by molar-refractivity contribution is 7.11. The minimum atomic E-state index is -0.441. The first-order valence-electron chi connectivity index (χ1n) is 7.66. The lowest BCUT2D eigenvalue weighted by Crippen LogP contribution is -2.03. The molecular formula is C19H18O5S. The van der Waals surface area contributed by atoms with E-state index in [9.17, 15) is 9.59 Å². The van der Waals surface area contributed by atoms with E-state index in [-0.39, 0.29) is 18.3 Å². The number of hydrogen-bond donors (Lipinski definition) is 0. The number of thiophene rings is 1.